The zero-order valence-electron chi connectivity index (χ0n) is 17.0. The van der Waals surface area contributed by atoms with Crippen LogP contribution in [0.15, 0.2) is 48.5 Å². The summed E-state index contributed by atoms with van der Waals surface area (Å²) in [6.07, 6.45) is 3.82. The van der Waals surface area contributed by atoms with Gasteiger partial charge in [0, 0.05) is 31.2 Å². The summed E-state index contributed by atoms with van der Waals surface area (Å²) in [6, 6.07) is 15.5. The molecule has 1 unspecified atom stereocenters. The van der Waals surface area contributed by atoms with Crippen LogP contribution < -0.4 is 16.4 Å². The lowest BCUT2D eigenvalue weighted by Gasteiger charge is -2.33. The maximum atomic E-state index is 12.5. The highest BCUT2D eigenvalue weighted by Gasteiger charge is 2.19. The van der Waals surface area contributed by atoms with Crippen LogP contribution in [0.4, 0.5) is 4.79 Å². The topological polar surface area (TPSA) is 87.5 Å². The second kappa shape index (κ2) is 10.1. The predicted molar refractivity (Wildman–Crippen MR) is 114 cm³/mol. The summed E-state index contributed by atoms with van der Waals surface area (Å²) in [6.45, 7) is 5.21. The fourth-order valence-electron chi connectivity index (χ4n) is 3.74. The van der Waals surface area contributed by atoms with E-state index >= 15 is 0 Å². The number of likely N-dealkylation sites (tertiary alicyclic amines) is 1. The van der Waals surface area contributed by atoms with Gasteiger partial charge in [0.2, 0.25) is 0 Å². The van der Waals surface area contributed by atoms with Gasteiger partial charge < -0.3 is 16.4 Å². The Bertz CT molecular complexity index is 835. The molecule has 6 heteroatoms. The van der Waals surface area contributed by atoms with Crippen LogP contribution in [0.1, 0.15) is 53.2 Å². The number of primary amides is 1. The maximum Gasteiger partial charge on any atom is 0.312 e. The molecule has 154 valence electrons. The van der Waals surface area contributed by atoms with E-state index in [0.29, 0.717) is 24.7 Å². The number of carbonyl (C=O) groups is 2. The normalized spacial score (nSPS) is 16.9. The SMILES string of the molecule is CC1CCCCN1Cc1ccccc1CNC(=O)c1ccc(CNC(N)=O)cc1. The van der Waals surface area contributed by atoms with Crippen molar-refractivity contribution in [2.45, 2.75) is 51.9 Å². The van der Waals surface area contributed by atoms with Crippen molar-refractivity contribution in [2.75, 3.05) is 6.54 Å². The summed E-state index contributed by atoms with van der Waals surface area (Å²) in [5.74, 6) is -0.111. The molecule has 0 spiro atoms. The minimum Gasteiger partial charge on any atom is -0.352 e. The average Bonchev–Trinajstić information content (AvgIpc) is 2.73. The summed E-state index contributed by atoms with van der Waals surface area (Å²) < 4.78 is 0. The number of piperidine rings is 1. The molecule has 1 heterocycles. The number of nitrogens with two attached hydrogens (primary N) is 1. The fraction of sp³-hybridized carbons (Fsp3) is 0.391. The monoisotopic (exact) mass is 394 g/mol. The van der Waals surface area contributed by atoms with E-state index in [0.717, 1.165) is 24.2 Å². The van der Waals surface area contributed by atoms with Gasteiger partial charge in [-0.15, -0.1) is 0 Å². The van der Waals surface area contributed by atoms with Crippen molar-refractivity contribution in [1.82, 2.24) is 15.5 Å². The summed E-state index contributed by atoms with van der Waals surface area (Å²) in [5, 5.41) is 5.56. The van der Waals surface area contributed by atoms with Crippen molar-refractivity contribution in [3.05, 3.63) is 70.8 Å². The third kappa shape index (κ3) is 6.06. The molecule has 2 aromatic rings. The zero-order valence-corrected chi connectivity index (χ0v) is 17.0. The molecule has 0 radical (unpaired) electrons. The van der Waals surface area contributed by atoms with Crippen molar-refractivity contribution >= 4 is 11.9 Å². The number of urea groups is 1. The molecule has 1 aliphatic heterocycles. The molecule has 1 aliphatic rings. The van der Waals surface area contributed by atoms with Crippen LogP contribution in [0.3, 0.4) is 0 Å². The Morgan fingerprint density at radius 3 is 2.41 bits per heavy atom. The number of nitrogens with one attached hydrogen (secondary N) is 2. The van der Waals surface area contributed by atoms with Crippen LogP contribution in [-0.4, -0.2) is 29.4 Å². The van der Waals surface area contributed by atoms with E-state index in [9.17, 15) is 9.59 Å². The first-order valence-corrected chi connectivity index (χ1v) is 10.2. The van der Waals surface area contributed by atoms with Crippen LogP contribution in [0.5, 0.6) is 0 Å². The van der Waals surface area contributed by atoms with Crippen LogP contribution in [-0.2, 0) is 19.6 Å². The van der Waals surface area contributed by atoms with Gasteiger partial charge in [-0.3, -0.25) is 9.69 Å². The maximum absolute atomic E-state index is 12.5. The van der Waals surface area contributed by atoms with E-state index in [-0.39, 0.29) is 5.91 Å². The second-order valence-electron chi connectivity index (χ2n) is 7.68. The number of nitrogens with zero attached hydrogens (tertiary/aromatic N) is 1. The molecule has 6 nitrogen and oxygen atoms in total. The van der Waals surface area contributed by atoms with E-state index in [1.807, 2.05) is 18.2 Å². The van der Waals surface area contributed by atoms with Crippen molar-refractivity contribution < 1.29 is 9.59 Å². The van der Waals surface area contributed by atoms with Gasteiger partial charge in [0.1, 0.15) is 0 Å². The molecule has 1 atom stereocenters. The molecule has 4 N–H and O–H groups in total. The predicted octanol–water partition coefficient (Wildman–Crippen LogP) is 3.16. The van der Waals surface area contributed by atoms with Gasteiger partial charge >= 0.3 is 6.03 Å². The molecule has 0 aromatic heterocycles. The number of amides is 3. The average molecular weight is 395 g/mol. The van der Waals surface area contributed by atoms with Gasteiger partial charge in [-0.1, -0.05) is 42.8 Å². The molecular formula is C23H30N4O2. The molecule has 0 saturated carbocycles. The molecule has 29 heavy (non-hydrogen) atoms. The van der Waals surface area contributed by atoms with E-state index < -0.39 is 6.03 Å². The van der Waals surface area contributed by atoms with Crippen molar-refractivity contribution in [3.8, 4) is 0 Å². The Kier molecular flexibility index (Phi) is 7.25. The van der Waals surface area contributed by atoms with Gasteiger partial charge in [0.15, 0.2) is 0 Å². The van der Waals surface area contributed by atoms with E-state index in [1.54, 1.807) is 12.1 Å². The summed E-state index contributed by atoms with van der Waals surface area (Å²) in [4.78, 5) is 25.9. The first-order valence-electron chi connectivity index (χ1n) is 10.2. The van der Waals surface area contributed by atoms with Gasteiger partial charge in [0.25, 0.3) is 5.91 Å². The smallest absolute Gasteiger partial charge is 0.312 e. The fourth-order valence-corrected chi connectivity index (χ4v) is 3.74. The van der Waals surface area contributed by atoms with Crippen molar-refractivity contribution in [2.24, 2.45) is 5.73 Å². The third-order valence-electron chi connectivity index (χ3n) is 5.55. The molecule has 2 aromatic carbocycles. The van der Waals surface area contributed by atoms with Crippen molar-refractivity contribution in [3.63, 3.8) is 0 Å². The first kappa shape index (κ1) is 20.9. The van der Waals surface area contributed by atoms with E-state index in [1.165, 1.54) is 24.8 Å². The second-order valence-corrected chi connectivity index (χ2v) is 7.68. The van der Waals surface area contributed by atoms with Crippen molar-refractivity contribution in [1.29, 1.82) is 0 Å². The molecule has 3 rings (SSSR count). The molecule has 3 amide bonds. The van der Waals surface area contributed by atoms with Gasteiger partial charge in [0.05, 0.1) is 0 Å². The Morgan fingerprint density at radius 1 is 1.00 bits per heavy atom. The Labute approximate surface area is 172 Å². The standard InChI is InChI=1S/C23H30N4O2/c1-17-6-4-5-13-27(17)16-21-8-3-2-7-20(21)15-25-22(28)19-11-9-18(10-12-19)14-26-23(24)29/h2-3,7-12,17H,4-6,13-16H2,1H3,(H,25,28)(H3,24,26,29). The number of hydrogen-bond donors (Lipinski definition) is 3. The highest BCUT2D eigenvalue weighted by Crippen LogP contribution is 2.21. The van der Waals surface area contributed by atoms with Crippen LogP contribution in [0.25, 0.3) is 0 Å². The third-order valence-corrected chi connectivity index (χ3v) is 5.55. The summed E-state index contributed by atoms with van der Waals surface area (Å²) in [7, 11) is 0. The van der Waals surface area contributed by atoms with Gasteiger partial charge in [-0.25, -0.2) is 4.79 Å². The molecule has 0 bridgehead atoms. The Morgan fingerprint density at radius 2 is 1.72 bits per heavy atom. The van der Waals surface area contributed by atoms with Crippen LogP contribution >= 0.6 is 0 Å². The lowest BCUT2D eigenvalue weighted by molar-refractivity contribution is 0.0950. The van der Waals surface area contributed by atoms with Gasteiger partial charge in [-0.05, 0) is 55.1 Å². The first-order chi connectivity index (χ1) is 14.0. The lowest BCUT2D eigenvalue weighted by Crippen LogP contribution is -2.37. The van der Waals surface area contributed by atoms with E-state index in [4.69, 9.17) is 5.73 Å². The Hall–Kier alpha value is -2.86. The van der Waals surface area contributed by atoms with E-state index in [2.05, 4.69) is 40.7 Å². The lowest BCUT2D eigenvalue weighted by atomic mass is 10.0. The largest absolute Gasteiger partial charge is 0.352 e. The van der Waals surface area contributed by atoms with Crippen LogP contribution in [0, 0.1) is 0 Å². The molecule has 1 saturated heterocycles. The number of benzene rings is 2. The summed E-state index contributed by atoms with van der Waals surface area (Å²) in [5.41, 5.74) is 8.98. The zero-order chi connectivity index (χ0) is 20.6. The minimum atomic E-state index is -0.565. The van der Waals surface area contributed by atoms with Gasteiger partial charge in [-0.2, -0.15) is 0 Å². The quantitative estimate of drug-likeness (QED) is 0.674. The molecular weight excluding hydrogens is 364 g/mol. The highest BCUT2D eigenvalue weighted by atomic mass is 16.2. The number of hydrogen-bond acceptors (Lipinski definition) is 3. The van der Waals surface area contributed by atoms with Crippen LogP contribution in [0.2, 0.25) is 0 Å². The Balaban J connectivity index is 1.58. The highest BCUT2D eigenvalue weighted by molar-refractivity contribution is 5.94. The molecule has 0 aliphatic carbocycles. The summed E-state index contributed by atoms with van der Waals surface area (Å²) >= 11 is 0. The number of carbonyl (C=O) groups excluding carboxylic acids is 2. The number of rotatable bonds is 7. The minimum absolute atomic E-state index is 0.111. The molecule has 1 fully saturated rings.